The average molecular weight is 587 g/mol. The summed E-state index contributed by atoms with van der Waals surface area (Å²) in [7, 11) is 0. The summed E-state index contributed by atoms with van der Waals surface area (Å²) in [5, 5.41) is 5.27. The van der Waals surface area contributed by atoms with E-state index in [0.717, 1.165) is 6.42 Å². The molecule has 0 spiro atoms. The molecule has 1 aliphatic rings. The molecule has 0 radical (unpaired) electrons. The summed E-state index contributed by atoms with van der Waals surface area (Å²) in [6, 6.07) is 37.0. The van der Waals surface area contributed by atoms with Gasteiger partial charge in [-0.2, -0.15) is 6.08 Å². The van der Waals surface area contributed by atoms with Gasteiger partial charge in [-0.3, -0.25) is 6.08 Å². The van der Waals surface area contributed by atoms with Gasteiger partial charge in [0.15, 0.2) is 0 Å². The van der Waals surface area contributed by atoms with Crippen LogP contribution < -0.4 is 24.8 Å². The number of fused-ring (bicyclic) bond motifs is 3. The van der Waals surface area contributed by atoms with Crippen molar-refractivity contribution < 1.29 is 49.0 Å². The standard InChI is InChI=1S/C25H17.C5H5.C3H6.2ClH.Zr/c1-3-7-18(8-4-1)20-11-13-24-22(15-20)17-23-16-21(12-14-25(23)24)19-9-5-2-6-10-19;1-2-4-5-3-1;1-3-2;;;/h1-17H;1-3H,4H2;1-2H3;2*1H;/q2*-1;;;;+2/p-2. The van der Waals surface area contributed by atoms with Crippen molar-refractivity contribution in [2.24, 2.45) is 0 Å². The Kier molecular flexibility index (Phi) is 12.4. The zero-order chi connectivity index (χ0) is 23.8. The van der Waals surface area contributed by atoms with Gasteiger partial charge in [0.25, 0.3) is 0 Å². The first kappa shape index (κ1) is 29.8. The van der Waals surface area contributed by atoms with Crippen LogP contribution in [0.15, 0.2) is 121 Å². The normalized spacial score (nSPS) is 11.0. The second-order valence-corrected chi connectivity index (χ2v) is 10.9. The Balaban J connectivity index is 0.000000357. The van der Waals surface area contributed by atoms with Crippen LogP contribution in [0, 0.1) is 6.08 Å². The first-order valence-corrected chi connectivity index (χ1v) is 12.8. The van der Waals surface area contributed by atoms with Crippen molar-refractivity contribution in [1.82, 2.24) is 0 Å². The minimum atomic E-state index is 0. The molecule has 0 aliphatic heterocycles. The van der Waals surface area contributed by atoms with E-state index in [-0.39, 0.29) is 24.8 Å². The van der Waals surface area contributed by atoms with Crippen LogP contribution in [0.3, 0.4) is 0 Å². The van der Waals surface area contributed by atoms with Crippen molar-refractivity contribution >= 4 is 24.8 Å². The van der Waals surface area contributed by atoms with Gasteiger partial charge in [0.1, 0.15) is 0 Å². The third-order valence-corrected chi connectivity index (χ3v) is 5.50. The fourth-order valence-electron chi connectivity index (χ4n) is 3.98. The van der Waals surface area contributed by atoms with Crippen molar-refractivity contribution in [2.45, 2.75) is 20.3 Å². The summed E-state index contributed by atoms with van der Waals surface area (Å²) in [5.74, 6) is 0. The summed E-state index contributed by atoms with van der Waals surface area (Å²) >= 11 is 1.55. The number of benzene rings is 4. The van der Waals surface area contributed by atoms with Gasteiger partial charge in [-0.15, -0.1) is 46.2 Å². The molecular formula is C33H28Cl2Zr-2. The van der Waals surface area contributed by atoms with Crippen molar-refractivity contribution in [2.75, 3.05) is 0 Å². The molecule has 5 aromatic rings. The number of allylic oxidation sites excluding steroid dienone is 4. The number of hydrogen-bond donors (Lipinski definition) is 0. The fraction of sp³-hybridized carbons (Fsp3) is 0.0909. The second kappa shape index (κ2) is 15.0. The van der Waals surface area contributed by atoms with Crippen LogP contribution in [-0.2, 0) is 24.2 Å². The average Bonchev–Trinajstić information content (AvgIpc) is 3.56. The molecule has 0 amide bonds. The maximum Gasteiger partial charge on any atom is -0.0259 e. The minimum absolute atomic E-state index is 0. The Morgan fingerprint density at radius 3 is 1.44 bits per heavy atom. The van der Waals surface area contributed by atoms with Crippen molar-refractivity contribution in [3.63, 3.8) is 0 Å². The van der Waals surface area contributed by atoms with Crippen LogP contribution in [0.5, 0.6) is 0 Å². The molecule has 3 heteroatoms. The van der Waals surface area contributed by atoms with Gasteiger partial charge in [0.2, 0.25) is 0 Å². The van der Waals surface area contributed by atoms with Gasteiger partial charge in [0, 0.05) is 0 Å². The van der Waals surface area contributed by atoms with E-state index in [1.165, 1.54) is 47.0 Å². The van der Waals surface area contributed by atoms with Crippen LogP contribution in [0.4, 0.5) is 0 Å². The topological polar surface area (TPSA) is 0 Å². The van der Waals surface area contributed by atoms with E-state index < -0.39 is 0 Å². The molecule has 0 bridgehead atoms. The maximum atomic E-state index is 2.99. The first-order chi connectivity index (χ1) is 16.6. The largest absolute Gasteiger partial charge is 1.00 e. The van der Waals surface area contributed by atoms with Gasteiger partial charge in [-0.25, -0.2) is 12.2 Å². The van der Waals surface area contributed by atoms with Crippen LogP contribution >= 0.6 is 0 Å². The smallest absolute Gasteiger partial charge is 0.0259 e. The van der Waals surface area contributed by atoms with Crippen LogP contribution in [0.1, 0.15) is 20.3 Å². The third-order valence-electron chi connectivity index (χ3n) is 5.50. The maximum absolute atomic E-state index is 2.99. The molecule has 6 rings (SSSR count). The molecular weight excluding hydrogens is 558 g/mol. The van der Waals surface area contributed by atoms with E-state index in [9.17, 15) is 0 Å². The van der Waals surface area contributed by atoms with Crippen molar-refractivity contribution in [3.8, 4) is 22.3 Å². The number of halogens is 2. The molecule has 0 heterocycles. The van der Waals surface area contributed by atoms with E-state index >= 15 is 0 Å². The third kappa shape index (κ3) is 8.04. The van der Waals surface area contributed by atoms with Gasteiger partial charge in [-0.05, 0) is 11.1 Å². The zero-order valence-corrected chi connectivity index (χ0v) is 24.5. The fourth-order valence-corrected chi connectivity index (χ4v) is 3.98. The molecule has 0 fully saturated rings. The van der Waals surface area contributed by atoms with Crippen molar-refractivity contribution in [3.05, 3.63) is 127 Å². The predicted molar refractivity (Wildman–Crippen MR) is 146 cm³/mol. The van der Waals surface area contributed by atoms with Gasteiger partial charge in [-0.1, -0.05) is 96.1 Å². The van der Waals surface area contributed by atoms with Crippen LogP contribution in [0.25, 0.3) is 43.8 Å². The van der Waals surface area contributed by atoms with Gasteiger partial charge >= 0.3 is 41.3 Å². The monoisotopic (exact) mass is 584 g/mol. The van der Waals surface area contributed by atoms with E-state index in [4.69, 9.17) is 0 Å². The molecule has 0 unspecified atom stereocenters. The SMILES string of the molecule is C[C](C)=[Zr+2].[C-]1=CC=CC1.[Cl-].[Cl-].c1ccc(-c2ccc3c(c2)[cH-]c2cc(-c4ccccc4)ccc23)cc1. The molecule has 1 aliphatic carbocycles. The summed E-state index contributed by atoms with van der Waals surface area (Å²) in [4.78, 5) is 0. The van der Waals surface area contributed by atoms with Gasteiger partial charge < -0.3 is 24.8 Å². The van der Waals surface area contributed by atoms with Crippen molar-refractivity contribution in [1.29, 1.82) is 0 Å². The Morgan fingerprint density at radius 1 is 0.667 bits per heavy atom. The predicted octanol–water partition coefficient (Wildman–Crippen LogP) is 3.10. The Morgan fingerprint density at radius 2 is 1.11 bits per heavy atom. The molecule has 36 heavy (non-hydrogen) atoms. The van der Waals surface area contributed by atoms with Crippen LogP contribution in [-0.4, -0.2) is 3.21 Å². The van der Waals surface area contributed by atoms with E-state index in [2.05, 4.69) is 129 Å². The minimum Gasteiger partial charge on any atom is -1.00 e. The molecule has 0 N–H and O–H groups in total. The number of hydrogen-bond acceptors (Lipinski definition) is 0. The van der Waals surface area contributed by atoms with E-state index in [1.54, 1.807) is 24.2 Å². The molecule has 0 atom stereocenters. The zero-order valence-electron chi connectivity index (χ0n) is 20.5. The molecule has 5 aromatic carbocycles. The second-order valence-electron chi connectivity index (χ2n) is 8.48. The molecule has 0 saturated heterocycles. The quantitative estimate of drug-likeness (QED) is 0.279. The molecule has 0 aromatic heterocycles. The molecule has 180 valence electrons. The molecule has 0 nitrogen and oxygen atoms in total. The summed E-state index contributed by atoms with van der Waals surface area (Å²) in [6.07, 6.45) is 10.0. The Bertz CT molecular complexity index is 1340. The van der Waals surface area contributed by atoms with E-state index in [0.29, 0.717) is 0 Å². The molecule has 0 saturated carbocycles. The summed E-state index contributed by atoms with van der Waals surface area (Å²) in [6.45, 7) is 4.25. The van der Waals surface area contributed by atoms with E-state index in [1.807, 2.05) is 12.2 Å². The summed E-state index contributed by atoms with van der Waals surface area (Å²) in [5.41, 5.74) is 5.07. The first-order valence-electron chi connectivity index (χ1n) is 11.6. The summed E-state index contributed by atoms with van der Waals surface area (Å²) < 4.78 is 1.51. The van der Waals surface area contributed by atoms with Crippen LogP contribution in [0.2, 0.25) is 0 Å². The van der Waals surface area contributed by atoms with Gasteiger partial charge in [0.05, 0.1) is 0 Å². The Labute approximate surface area is 242 Å². The number of rotatable bonds is 2. The Hall–Kier alpha value is -2.44.